The second-order valence-corrected chi connectivity index (χ2v) is 8.27. The molecule has 1 aromatic rings. The van der Waals surface area contributed by atoms with Gasteiger partial charge >= 0.3 is 0 Å². The Balaban J connectivity index is 1.86. The van der Waals surface area contributed by atoms with Crippen LogP contribution in [0.15, 0.2) is 17.0 Å². The average molecular weight is 337 g/mol. The third-order valence-electron chi connectivity index (χ3n) is 5.05. The molecule has 1 saturated carbocycles. The molecule has 1 aromatic carbocycles. The van der Waals surface area contributed by atoms with E-state index in [1.165, 1.54) is 5.56 Å². The van der Waals surface area contributed by atoms with Crippen LogP contribution in [0.3, 0.4) is 0 Å². The van der Waals surface area contributed by atoms with Gasteiger partial charge in [0.05, 0.1) is 10.5 Å². The van der Waals surface area contributed by atoms with Crippen molar-refractivity contribution in [1.29, 1.82) is 0 Å². The predicted molar refractivity (Wildman–Crippen MR) is 93.3 cm³/mol. The molecule has 1 unspecified atom stereocenters. The molecule has 1 fully saturated rings. The largest absolute Gasteiger partial charge is 0.504 e. The van der Waals surface area contributed by atoms with Gasteiger partial charge in [-0.3, -0.25) is 4.90 Å². The molecule has 2 N–H and O–H groups in total. The minimum atomic E-state index is -0.661. The number of ether oxygens (including phenoxy) is 1. The van der Waals surface area contributed by atoms with Gasteiger partial charge < -0.3 is 14.9 Å². The molecule has 0 saturated heterocycles. The summed E-state index contributed by atoms with van der Waals surface area (Å²) in [6.07, 6.45) is 4.26. The van der Waals surface area contributed by atoms with Gasteiger partial charge in [-0.1, -0.05) is 6.07 Å². The van der Waals surface area contributed by atoms with Gasteiger partial charge in [0.2, 0.25) is 0 Å². The maximum Gasteiger partial charge on any atom is 0.175 e. The van der Waals surface area contributed by atoms with Crippen molar-refractivity contribution in [2.75, 3.05) is 12.9 Å². The van der Waals surface area contributed by atoms with Gasteiger partial charge in [-0.25, -0.2) is 0 Å². The molecule has 1 aliphatic carbocycles. The lowest BCUT2D eigenvalue weighted by molar-refractivity contribution is -0.0245. The van der Waals surface area contributed by atoms with Gasteiger partial charge in [-0.05, 0) is 58.2 Å². The van der Waals surface area contributed by atoms with Crippen molar-refractivity contribution in [3.63, 3.8) is 0 Å². The highest BCUT2D eigenvalue weighted by Crippen LogP contribution is 2.44. The molecule has 4 nitrogen and oxygen atoms in total. The van der Waals surface area contributed by atoms with Gasteiger partial charge in [0.25, 0.3) is 0 Å². The highest BCUT2D eigenvalue weighted by Gasteiger charge is 2.32. The van der Waals surface area contributed by atoms with E-state index in [2.05, 4.69) is 18.9 Å². The summed E-state index contributed by atoms with van der Waals surface area (Å²) in [5.74, 6) is 1.70. The normalized spacial score (nSPS) is 32.2. The quantitative estimate of drug-likeness (QED) is 0.866. The average Bonchev–Trinajstić information content (AvgIpc) is 2.61. The molecule has 1 aliphatic heterocycles. The molecule has 23 heavy (non-hydrogen) atoms. The van der Waals surface area contributed by atoms with Gasteiger partial charge in [-0.15, -0.1) is 11.8 Å². The van der Waals surface area contributed by atoms with Crippen LogP contribution in [0.2, 0.25) is 0 Å². The Morgan fingerprint density at radius 3 is 2.91 bits per heavy atom. The standard InChI is InChI=1S/C18H27NO3S/c1-12-9-13-6-7-15(20)16(17(13)23-11-19(12)3)22-14-5-4-8-18(2,21)10-14/h6-7,12,14,20-21H,4-5,8-11H2,1-3H3/t12?,14-,18-/m0/s1. The van der Waals surface area contributed by atoms with Crippen LogP contribution in [0.4, 0.5) is 0 Å². The van der Waals surface area contributed by atoms with Crippen LogP contribution >= 0.6 is 11.8 Å². The maximum atomic E-state index is 10.3. The maximum absolute atomic E-state index is 10.3. The minimum Gasteiger partial charge on any atom is -0.504 e. The van der Waals surface area contributed by atoms with E-state index in [0.717, 1.165) is 36.5 Å². The van der Waals surface area contributed by atoms with Crippen LogP contribution in [0, 0.1) is 0 Å². The molecule has 3 atom stereocenters. The summed E-state index contributed by atoms with van der Waals surface area (Å²) in [5.41, 5.74) is 0.578. The van der Waals surface area contributed by atoms with E-state index < -0.39 is 5.60 Å². The van der Waals surface area contributed by atoms with E-state index in [0.29, 0.717) is 18.2 Å². The Hall–Kier alpha value is -0.910. The first-order valence-electron chi connectivity index (χ1n) is 8.42. The molecule has 0 bridgehead atoms. The van der Waals surface area contributed by atoms with Crippen molar-refractivity contribution in [3.05, 3.63) is 17.7 Å². The fourth-order valence-corrected chi connectivity index (χ4v) is 4.67. The summed E-state index contributed by atoms with van der Waals surface area (Å²) in [6.45, 7) is 4.10. The zero-order valence-electron chi connectivity index (χ0n) is 14.2. The van der Waals surface area contributed by atoms with Gasteiger partial charge in [0.1, 0.15) is 6.10 Å². The minimum absolute atomic E-state index is 0.0323. The van der Waals surface area contributed by atoms with Crippen LogP contribution < -0.4 is 4.74 Å². The third kappa shape index (κ3) is 3.78. The summed E-state index contributed by atoms with van der Waals surface area (Å²) in [4.78, 5) is 3.38. The second kappa shape index (κ2) is 6.54. The lowest BCUT2D eigenvalue weighted by Crippen LogP contribution is -2.37. The first-order chi connectivity index (χ1) is 10.9. The lowest BCUT2D eigenvalue weighted by Gasteiger charge is -2.34. The smallest absolute Gasteiger partial charge is 0.175 e. The number of thioether (sulfide) groups is 1. The zero-order valence-corrected chi connectivity index (χ0v) is 15.0. The molecule has 3 rings (SSSR count). The zero-order chi connectivity index (χ0) is 16.6. The molecule has 2 aliphatic rings. The third-order valence-corrected chi connectivity index (χ3v) is 6.32. The van der Waals surface area contributed by atoms with Gasteiger partial charge in [0, 0.05) is 18.3 Å². The molecule has 128 valence electrons. The molecule has 1 heterocycles. The number of fused-ring (bicyclic) bond motifs is 1. The van der Waals surface area contributed by atoms with Crippen LogP contribution in [0.1, 0.15) is 45.1 Å². The highest BCUT2D eigenvalue weighted by atomic mass is 32.2. The molecule has 0 radical (unpaired) electrons. The van der Waals surface area contributed by atoms with Crippen LogP contribution in [-0.2, 0) is 6.42 Å². The number of phenols is 1. The Morgan fingerprint density at radius 1 is 1.39 bits per heavy atom. The van der Waals surface area contributed by atoms with Crippen molar-refractivity contribution >= 4 is 11.8 Å². The monoisotopic (exact) mass is 337 g/mol. The Labute approximate surface area is 142 Å². The number of rotatable bonds is 2. The van der Waals surface area contributed by atoms with Crippen molar-refractivity contribution < 1.29 is 14.9 Å². The topological polar surface area (TPSA) is 52.9 Å². The number of benzene rings is 1. The molecular formula is C18H27NO3S. The van der Waals surface area contributed by atoms with Crippen LogP contribution in [0.25, 0.3) is 0 Å². The first-order valence-corrected chi connectivity index (χ1v) is 9.41. The fraction of sp³-hybridized carbons (Fsp3) is 0.667. The number of aromatic hydroxyl groups is 1. The van der Waals surface area contributed by atoms with Crippen molar-refractivity contribution in [1.82, 2.24) is 4.90 Å². The predicted octanol–water partition coefficient (Wildman–Crippen LogP) is 3.39. The Kier molecular flexibility index (Phi) is 4.81. The number of phenolic OH excluding ortho intramolecular Hbond substituents is 1. The number of likely N-dealkylation sites (N-methyl/N-ethyl adjacent to an activating group) is 1. The van der Waals surface area contributed by atoms with Crippen molar-refractivity contribution in [2.24, 2.45) is 0 Å². The molecule has 0 aromatic heterocycles. The Bertz CT molecular complexity index is 576. The Morgan fingerprint density at radius 2 is 2.17 bits per heavy atom. The van der Waals surface area contributed by atoms with E-state index in [1.54, 1.807) is 17.8 Å². The summed E-state index contributed by atoms with van der Waals surface area (Å²) in [5, 5.41) is 20.6. The second-order valence-electron chi connectivity index (χ2n) is 7.32. The van der Waals surface area contributed by atoms with E-state index in [4.69, 9.17) is 4.74 Å². The SMILES string of the molecule is CC1Cc2ccc(O)c(O[C@H]3CCC[C@](C)(O)C3)c2SCN1C. The van der Waals surface area contributed by atoms with E-state index in [9.17, 15) is 10.2 Å². The van der Waals surface area contributed by atoms with Crippen molar-refractivity contribution in [3.8, 4) is 11.5 Å². The summed E-state index contributed by atoms with van der Waals surface area (Å²) < 4.78 is 6.20. The summed E-state index contributed by atoms with van der Waals surface area (Å²) >= 11 is 1.73. The highest BCUT2D eigenvalue weighted by molar-refractivity contribution is 7.99. The number of nitrogens with zero attached hydrogens (tertiary/aromatic N) is 1. The molecular weight excluding hydrogens is 310 g/mol. The van der Waals surface area contributed by atoms with E-state index in [1.807, 2.05) is 13.0 Å². The summed E-state index contributed by atoms with van der Waals surface area (Å²) in [7, 11) is 2.13. The number of hydrogen-bond donors (Lipinski definition) is 2. The van der Waals surface area contributed by atoms with Crippen molar-refractivity contribution in [2.45, 2.75) is 68.6 Å². The fourth-order valence-electron chi connectivity index (χ4n) is 3.47. The molecule has 0 spiro atoms. The van der Waals surface area contributed by atoms with E-state index in [-0.39, 0.29) is 11.9 Å². The van der Waals surface area contributed by atoms with Crippen LogP contribution in [-0.4, -0.2) is 45.8 Å². The van der Waals surface area contributed by atoms with E-state index >= 15 is 0 Å². The lowest BCUT2D eigenvalue weighted by atomic mass is 9.84. The van der Waals surface area contributed by atoms with Crippen LogP contribution in [0.5, 0.6) is 11.5 Å². The number of hydrogen-bond acceptors (Lipinski definition) is 5. The molecule has 5 heteroatoms. The van der Waals surface area contributed by atoms with Gasteiger partial charge in [-0.2, -0.15) is 0 Å². The molecule has 0 amide bonds. The number of aliphatic hydroxyl groups is 1. The summed E-state index contributed by atoms with van der Waals surface area (Å²) in [6, 6.07) is 4.22. The first kappa shape index (κ1) is 16.9. The van der Waals surface area contributed by atoms with Gasteiger partial charge in [0.15, 0.2) is 11.5 Å².